The first-order valence-electron chi connectivity index (χ1n) is 11.3. The molecule has 0 radical (unpaired) electrons. The van der Waals surface area contributed by atoms with Gasteiger partial charge in [-0.3, -0.25) is 23.4 Å². The predicted molar refractivity (Wildman–Crippen MR) is 126 cm³/mol. The van der Waals surface area contributed by atoms with E-state index in [0.29, 0.717) is 0 Å². The molecule has 4 heterocycles. The minimum Gasteiger partial charge on any atom is -0.389 e. The third kappa shape index (κ3) is 6.39. The highest BCUT2D eigenvalue weighted by Crippen LogP contribution is 2.60. The average Bonchev–Trinajstić information content (AvgIpc) is 3.38. The van der Waals surface area contributed by atoms with Crippen LogP contribution in [0.2, 0.25) is 0 Å². The number of hydrogen-bond acceptors (Lipinski definition) is 16. The zero-order valence-electron chi connectivity index (χ0n) is 20.0. The monoisotopic (exact) mass is 602 g/mol. The summed E-state index contributed by atoms with van der Waals surface area (Å²) in [7, 11) is -10.6. The van der Waals surface area contributed by atoms with Gasteiger partial charge >= 0.3 is 15.6 Å². The number of fused-ring (bicyclic) bond motifs is 1. The summed E-state index contributed by atoms with van der Waals surface area (Å²) in [6, 6.07) is -1.88. The van der Waals surface area contributed by atoms with Gasteiger partial charge in [0.05, 0.1) is 31.7 Å². The highest BCUT2D eigenvalue weighted by atomic mass is 31.3. The van der Waals surface area contributed by atoms with Gasteiger partial charge < -0.3 is 51.1 Å². The molecule has 0 bridgehead atoms. The van der Waals surface area contributed by atoms with E-state index >= 15 is 0 Å². The van der Waals surface area contributed by atoms with Gasteiger partial charge in [-0.2, -0.15) is 9.29 Å². The Kier molecular flexibility index (Phi) is 8.63. The zero-order valence-corrected chi connectivity index (χ0v) is 21.8. The molecule has 6 unspecified atom stereocenters. The minimum atomic E-state index is -5.34. The van der Waals surface area contributed by atoms with Crippen LogP contribution < -0.4 is 16.6 Å². The van der Waals surface area contributed by atoms with E-state index in [9.17, 15) is 49.2 Å². The zero-order chi connectivity index (χ0) is 28.9. The molecule has 2 fully saturated rings. The molecule has 0 aliphatic carbocycles. The SMILES string of the molecule is C[C@@H]1N[C@H](COP(=O)(O)OP(=O)(O)OC[C@H]2O[C@@H](n3cnc4c(=O)[nH]c(N)nc43)C(O)C2O)C(O)C(O)[C@@H]1O. The number of phosphoric ester groups is 2. The van der Waals surface area contributed by atoms with Gasteiger partial charge in [-0.1, -0.05) is 0 Å². The Hall–Kier alpha value is -1.87. The topological polar surface area (TPSA) is 314 Å². The van der Waals surface area contributed by atoms with Crippen LogP contribution in [-0.4, -0.2) is 117 Å². The number of aromatic nitrogens is 4. The Labute approximate surface area is 218 Å². The molecule has 11 N–H and O–H groups in total. The summed E-state index contributed by atoms with van der Waals surface area (Å²) in [6.45, 7) is -0.225. The van der Waals surface area contributed by atoms with Crippen molar-refractivity contribution in [2.24, 2.45) is 0 Å². The number of anilines is 1. The Morgan fingerprint density at radius 1 is 1.03 bits per heavy atom. The van der Waals surface area contributed by atoms with Gasteiger partial charge in [-0.05, 0) is 6.92 Å². The van der Waals surface area contributed by atoms with Gasteiger partial charge in [0.1, 0.15) is 30.5 Å². The maximum absolute atomic E-state index is 12.3. The quantitative estimate of drug-likeness (QED) is 0.122. The van der Waals surface area contributed by atoms with Gasteiger partial charge in [-0.15, -0.1) is 0 Å². The van der Waals surface area contributed by atoms with E-state index in [0.717, 1.165) is 10.9 Å². The fourth-order valence-corrected chi connectivity index (χ4v) is 6.27. The van der Waals surface area contributed by atoms with Gasteiger partial charge in [0.15, 0.2) is 17.4 Å². The molecular formula is C17H28N6O14P2. The lowest BCUT2D eigenvalue weighted by molar-refractivity contribution is -0.116. The maximum atomic E-state index is 12.3. The number of rotatable bonds is 9. The van der Waals surface area contributed by atoms with E-state index in [1.165, 1.54) is 6.92 Å². The number of H-pyrrole nitrogens is 1. The first kappa shape index (κ1) is 30.1. The minimum absolute atomic E-state index is 0.0856. The molecule has 20 nitrogen and oxygen atoms in total. The number of piperidine rings is 1. The fourth-order valence-electron chi connectivity index (χ4n) is 4.16. The highest BCUT2D eigenvalue weighted by molar-refractivity contribution is 7.61. The predicted octanol–water partition coefficient (Wildman–Crippen LogP) is -3.99. The van der Waals surface area contributed by atoms with Gasteiger partial charge in [0, 0.05) is 6.04 Å². The summed E-state index contributed by atoms with van der Waals surface area (Å²) in [5, 5.41) is 53.0. The van der Waals surface area contributed by atoms with Crippen LogP contribution in [0.1, 0.15) is 13.2 Å². The van der Waals surface area contributed by atoms with Crippen molar-refractivity contribution in [3.8, 4) is 0 Å². The van der Waals surface area contributed by atoms with Crippen LogP contribution in [0, 0.1) is 0 Å². The largest absolute Gasteiger partial charge is 0.481 e. The van der Waals surface area contributed by atoms with E-state index < -0.39 is 89.4 Å². The number of nitrogen functional groups attached to an aromatic ring is 1. The number of nitrogens with one attached hydrogen (secondary N) is 2. The van der Waals surface area contributed by atoms with Crippen molar-refractivity contribution in [1.82, 2.24) is 24.8 Å². The molecule has 0 spiro atoms. The number of nitrogens with two attached hydrogens (primary N) is 1. The van der Waals surface area contributed by atoms with E-state index in [2.05, 4.69) is 33.6 Å². The molecule has 220 valence electrons. The van der Waals surface area contributed by atoms with Gasteiger partial charge in [0.2, 0.25) is 5.95 Å². The second-order valence-electron chi connectivity index (χ2n) is 8.97. The second-order valence-corrected chi connectivity index (χ2v) is 12.0. The summed E-state index contributed by atoms with van der Waals surface area (Å²) in [5.74, 6) is -0.256. The lowest BCUT2D eigenvalue weighted by Gasteiger charge is -2.40. The fraction of sp³-hybridized carbons (Fsp3) is 0.706. The number of ether oxygens (including phenoxy) is 1. The summed E-state index contributed by atoms with van der Waals surface area (Å²) < 4.78 is 44.6. The molecule has 4 rings (SSSR count). The third-order valence-electron chi connectivity index (χ3n) is 6.19. The van der Waals surface area contributed by atoms with E-state index in [-0.39, 0.29) is 17.1 Å². The number of aromatic amines is 1. The lowest BCUT2D eigenvalue weighted by atomic mass is 9.91. The molecule has 0 aromatic carbocycles. The molecule has 2 aromatic rings. The van der Waals surface area contributed by atoms with Crippen LogP contribution in [0.25, 0.3) is 11.2 Å². The van der Waals surface area contributed by atoms with Gasteiger partial charge in [-0.25, -0.2) is 14.1 Å². The normalized spacial score (nSPS) is 36.6. The second kappa shape index (κ2) is 11.2. The van der Waals surface area contributed by atoms with Gasteiger partial charge in [0.25, 0.3) is 5.56 Å². The van der Waals surface area contributed by atoms with E-state index in [1.54, 1.807) is 0 Å². The summed E-state index contributed by atoms with van der Waals surface area (Å²) >= 11 is 0. The highest BCUT2D eigenvalue weighted by Gasteiger charge is 2.47. The average molecular weight is 602 g/mol. The van der Waals surface area contributed by atoms with Crippen LogP contribution >= 0.6 is 15.6 Å². The molecule has 2 aromatic heterocycles. The van der Waals surface area contributed by atoms with Crippen molar-refractivity contribution < 1.29 is 62.5 Å². The van der Waals surface area contributed by atoms with E-state index in [4.69, 9.17) is 10.5 Å². The molecule has 0 amide bonds. The molecule has 39 heavy (non-hydrogen) atoms. The molecular weight excluding hydrogens is 574 g/mol. The van der Waals surface area contributed by atoms with Crippen molar-refractivity contribution in [2.75, 3.05) is 18.9 Å². The molecule has 2 saturated heterocycles. The number of aliphatic hydroxyl groups excluding tert-OH is 5. The van der Waals surface area contributed by atoms with Crippen LogP contribution in [0.5, 0.6) is 0 Å². The standard InChI is InChI=1S/C17H28N6O14P2/c1-5-9(24)12(27)10(25)6(20-5)2-34-38(30,31)37-39(32,33)35-3-7-11(26)13(28)16(36-7)23-4-19-8-14(23)21-17(18)22-15(8)29/h4-7,9-13,16,20,24-28H,2-3H2,1H3,(H,30,31)(H,32,33)(H3,18,21,22,29)/t5-,6+,7+,9+,10?,11?,12?,13?,16+/m0/s1. The number of imidazole rings is 1. The Bertz CT molecular complexity index is 1340. The number of phosphoric acid groups is 2. The van der Waals surface area contributed by atoms with Crippen LogP contribution in [0.3, 0.4) is 0 Å². The molecule has 11 atom stereocenters. The van der Waals surface area contributed by atoms with Crippen molar-refractivity contribution in [3.63, 3.8) is 0 Å². The Morgan fingerprint density at radius 3 is 2.33 bits per heavy atom. The maximum Gasteiger partial charge on any atom is 0.481 e. The first-order valence-corrected chi connectivity index (χ1v) is 14.3. The third-order valence-corrected chi connectivity index (χ3v) is 8.79. The van der Waals surface area contributed by atoms with Crippen molar-refractivity contribution in [1.29, 1.82) is 0 Å². The van der Waals surface area contributed by atoms with Crippen molar-refractivity contribution >= 4 is 32.8 Å². The van der Waals surface area contributed by atoms with E-state index in [1.807, 2.05) is 0 Å². The summed E-state index contributed by atoms with van der Waals surface area (Å²) in [6.07, 6.45) is -9.64. The van der Waals surface area contributed by atoms with Crippen LogP contribution in [0.15, 0.2) is 11.1 Å². The smallest absolute Gasteiger partial charge is 0.389 e. The van der Waals surface area contributed by atoms with Crippen LogP contribution in [-0.2, 0) is 27.2 Å². The number of aliphatic hydroxyl groups is 5. The van der Waals surface area contributed by atoms with Crippen LogP contribution in [0.4, 0.5) is 5.95 Å². The van der Waals surface area contributed by atoms with Crippen molar-refractivity contribution in [2.45, 2.75) is 61.9 Å². The molecule has 22 heteroatoms. The first-order chi connectivity index (χ1) is 18.1. The lowest BCUT2D eigenvalue weighted by Crippen LogP contribution is -2.65. The Morgan fingerprint density at radius 2 is 1.67 bits per heavy atom. The Balaban J connectivity index is 1.35. The molecule has 2 aliphatic heterocycles. The summed E-state index contributed by atoms with van der Waals surface area (Å²) in [4.78, 5) is 41.7. The molecule has 0 saturated carbocycles. The molecule has 2 aliphatic rings. The van der Waals surface area contributed by atoms with Crippen molar-refractivity contribution in [3.05, 3.63) is 16.7 Å². The summed E-state index contributed by atoms with van der Waals surface area (Å²) in [5.41, 5.74) is 4.63. The number of nitrogens with zero attached hydrogens (tertiary/aromatic N) is 3. The number of hydrogen-bond donors (Lipinski definition) is 10.